The minimum atomic E-state index is 0.805. The van der Waals surface area contributed by atoms with Gasteiger partial charge in [-0.25, -0.2) is 9.97 Å². The minimum absolute atomic E-state index is 0.805. The molecule has 0 atom stereocenters. The van der Waals surface area contributed by atoms with Gasteiger partial charge in [0.1, 0.15) is 5.69 Å². The molecule has 4 aromatic heterocycles. The van der Waals surface area contributed by atoms with Crippen molar-refractivity contribution in [3.05, 3.63) is 170 Å². The molecule has 0 fully saturated rings. The summed E-state index contributed by atoms with van der Waals surface area (Å²) in [7, 11) is 0. The van der Waals surface area contributed by atoms with Crippen LogP contribution in [-0.4, -0.2) is 19.1 Å². The maximum Gasteiger partial charge on any atom is 0.165 e. The summed E-state index contributed by atoms with van der Waals surface area (Å²) in [6.07, 6.45) is 0. The lowest BCUT2D eigenvalue weighted by molar-refractivity contribution is 1.08. The molecule has 244 valence electrons. The van der Waals surface area contributed by atoms with Crippen molar-refractivity contribution in [2.45, 2.75) is 0 Å². The standard InChI is InChI=1S/C48H26N4S/c1-2-14-32(15-3-1)51-41-20-10-6-16-33(41)35-25-31(22-23-42(35)51)47-48(50-40-19-9-8-18-39(40)49-47)52-43-26-30-13-5-4-12-29(30)24-36(43)37-28-46-38(27-44(37)52)34-17-7-11-21-45(34)53-46/h1-6,8-16,18-28H. The average Bonchev–Trinajstić information content (AvgIpc) is 3.85. The van der Waals surface area contributed by atoms with Crippen molar-refractivity contribution in [1.82, 2.24) is 19.1 Å². The summed E-state index contributed by atoms with van der Waals surface area (Å²) in [5.41, 5.74) is 9.22. The highest BCUT2D eigenvalue weighted by atomic mass is 32.1. The van der Waals surface area contributed by atoms with E-state index in [0.29, 0.717) is 0 Å². The second-order valence-electron chi connectivity index (χ2n) is 13.7. The number of nitrogens with zero attached hydrogens (tertiary/aromatic N) is 4. The van der Waals surface area contributed by atoms with E-state index in [1.807, 2.05) is 29.5 Å². The van der Waals surface area contributed by atoms with Crippen LogP contribution in [0.3, 0.4) is 0 Å². The van der Waals surface area contributed by atoms with Gasteiger partial charge in [-0.05, 0) is 89.6 Å². The molecule has 53 heavy (non-hydrogen) atoms. The lowest BCUT2D eigenvalue weighted by Gasteiger charge is -2.14. The Morgan fingerprint density at radius 2 is 1.17 bits per heavy atom. The predicted octanol–water partition coefficient (Wildman–Crippen LogP) is 12.6. The SMILES string of the molecule is c1ccc2sc3cc4c5cc6ccccc6cc5n(-c5nc6ccccc6nc5-c5ccc6c(c5)c5ccccc5n6-c5ccccc5)c4cc3c2c#1. The Bertz CT molecular complexity index is 3460. The molecule has 12 aromatic rings. The minimum Gasteiger partial charge on any atom is -0.309 e. The van der Waals surface area contributed by atoms with E-state index in [1.165, 1.54) is 52.6 Å². The highest BCUT2D eigenvalue weighted by Crippen LogP contribution is 2.43. The van der Waals surface area contributed by atoms with Crippen LogP contribution in [0, 0.1) is 12.1 Å². The van der Waals surface area contributed by atoms with Crippen LogP contribution in [0.15, 0.2) is 158 Å². The molecule has 0 saturated carbocycles. The zero-order valence-corrected chi connectivity index (χ0v) is 29.0. The van der Waals surface area contributed by atoms with Crippen LogP contribution in [0.5, 0.6) is 0 Å². The maximum absolute atomic E-state index is 5.48. The Morgan fingerprint density at radius 1 is 0.472 bits per heavy atom. The van der Waals surface area contributed by atoms with E-state index in [4.69, 9.17) is 9.97 Å². The molecule has 0 aliphatic heterocycles. The summed E-state index contributed by atoms with van der Waals surface area (Å²) in [6, 6.07) is 62.8. The van der Waals surface area contributed by atoms with Gasteiger partial charge in [0.05, 0.1) is 38.5 Å². The number of fused-ring (bicyclic) bond motifs is 11. The first kappa shape index (κ1) is 28.7. The van der Waals surface area contributed by atoms with Crippen LogP contribution >= 0.6 is 11.3 Å². The third-order valence-corrected chi connectivity index (χ3v) is 11.8. The molecular formula is C48H26N4S. The highest BCUT2D eigenvalue weighted by Gasteiger charge is 2.22. The van der Waals surface area contributed by atoms with Gasteiger partial charge in [-0.2, -0.15) is 0 Å². The third-order valence-electron chi connectivity index (χ3n) is 10.7. The summed E-state index contributed by atoms with van der Waals surface area (Å²) >= 11 is 1.81. The molecule has 0 radical (unpaired) electrons. The highest BCUT2D eigenvalue weighted by molar-refractivity contribution is 7.25. The quantitative estimate of drug-likeness (QED) is 0.185. The Kier molecular flexibility index (Phi) is 5.82. The lowest BCUT2D eigenvalue weighted by Crippen LogP contribution is -2.03. The first-order chi connectivity index (χ1) is 26.3. The van der Waals surface area contributed by atoms with Crippen molar-refractivity contribution in [2.75, 3.05) is 0 Å². The normalized spacial score (nSPS) is 12.0. The van der Waals surface area contributed by atoms with Crippen molar-refractivity contribution in [3.63, 3.8) is 0 Å². The van der Waals surface area contributed by atoms with E-state index in [-0.39, 0.29) is 0 Å². The molecule has 4 heterocycles. The molecule has 5 heteroatoms. The molecule has 0 aliphatic rings. The molecule has 0 saturated heterocycles. The average molecular weight is 691 g/mol. The third kappa shape index (κ3) is 4.13. The number of thiophene rings is 1. The van der Waals surface area contributed by atoms with Gasteiger partial charge in [-0.1, -0.05) is 91.0 Å². The number of aromatic nitrogens is 4. The van der Waals surface area contributed by atoms with Gasteiger partial charge in [0.2, 0.25) is 0 Å². The molecule has 0 bridgehead atoms. The smallest absolute Gasteiger partial charge is 0.165 e. The molecule has 0 aliphatic carbocycles. The molecule has 0 amide bonds. The monoisotopic (exact) mass is 690 g/mol. The summed E-state index contributed by atoms with van der Waals surface area (Å²) in [5.74, 6) is 0.805. The van der Waals surface area contributed by atoms with Crippen LogP contribution in [-0.2, 0) is 0 Å². The molecule has 12 rings (SSSR count). The van der Waals surface area contributed by atoms with Gasteiger partial charge >= 0.3 is 0 Å². The van der Waals surface area contributed by atoms with E-state index in [0.717, 1.165) is 55.7 Å². The number of rotatable bonds is 3. The summed E-state index contributed by atoms with van der Waals surface area (Å²) in [6.45, 7) is 0. The van der Waals surface area contributed by atoms with Crippen molar-refractivity contribution in [3.8, 4) is 22.8 Å². The first-order valence-corrected chi connectivity index (χ1v) is 18.6. The van der Waals surface area contributed by atoms with Crippen LogP contribution in [0.2, 0.25) is 0 Å². The molecule has 0 unspecified atom stereocenters. The Morgan fingerprint density at radius 3 is 2.06 bits per heavy atom. The van der Waals surface area contributed by atoms with Crippen molar-refractivity contribution < 1.29 is 0 Å². The van der Waals surface area contributed by atoms with Crippen molar-refractivity contribution in [1.29, 1.82) is 0 Å². The fourth-order valence-corrected chi connectivity index (χ4v) is 9.42. The molecule has 0 spiro atoms. The second kappa shape index (κ2) is 10.8. The Balaban J connectivity index is 1.21. The molecular weight excluding hydrogens is 665 g/mol. The van der Waals surface area contributed by atoms with Crippen LogP contribution in [0.25, 0.3) is 108 Å². The van der Waals surface area contributed by atoms with E-state index >= 15 is 0 Å². The van der Waals surface area contributed by atoms with Gasteiger partial charge in [0.25, 0.3) is 0 Å². The lowest BCUT2D eigenvalue weighted by atomic mass is 10.1. The van der Waals surface area contributed by atoms with E-state index in [1.54, 1.807) is 0 Å². The summed E-state index contributed by atoms with van der Waals surface area (Å²) in [5, 5.41) is 9.43. The first-order valence-electron chi connectivity index (χ1n) is 17.7. The van der Waals surface area contributed by atoms with Crippen LogP contribution in [0.4, 0.5) is 0 Å². The Hall–Kier alpha value is -7.00. The van der Waals surface area contributed by atoms with E-state index < -0.39 is 0 Å². The van der Waals surface area contributed by atoms with Gasteiger partial charge in [-0.3, -0.25) is 4.57 Å². The predicted molar refractivity (Wildman–Crippen MR) is 222 cm³/mol. The topological polar surface area (TPSA) is 35.6 Å². The van der Waals surface area contributed by atoms with Gasteiger partial charge < -0.3 is 4.57 Å². The largest absolute Gasteiger partial charge is 0.309 e. The van der Waals surface area contributed by atoms with Gasteiger partial charge in [0, 0.05) is 47.6 Å². The van der Waals surface area contributed by atoms with Crippen LogP contribution < -0.4 is 0 Å². The number of benzene rings is 7. The maximum atomic E-state index is 5.48. The van der Waals surface area contributed by atoms with Gasteiger partial charge in [-0.15, -0.1) is 11.3 Å². The van der Waals surface area contributed by atoms with Crippen molar-refractivity contribution in [2.24, 2.45) is 0 Å². The number of hydrogen-bond donors (Lipinski definition) is 0. The fourth-order valence-electron chi connectivity index (χ4n) is 8.33. The summed E-state index contributed by atoms with van der Waals surface area (Å²) < 4.78 is 7.14. The molecule has 0 N–H and O–H groups in total. The zero-order chi connectivity index (χ0) is 34.6. The molecule has 8 aromatic carbocycles. The zero-order valence-electron chi connectivity index (χ0n) is 28.2. The van der Waals surface area contributed by atoms with Crippen molar-refractivity contribution >= 4 is 96.9 Å². The molecule has 4 nitrogen and oxygen atoms in total. The second-order valence-corrected chi connectivity index (χ2v) is 14.7. The number of para-hydroxylation sites is 4. The summed E-state index contributed by atoms with van der Waals surface area (Å²) in [4.78, 5) is 10.9. The van der Waals surface area contributed by atoms with E-state index in [2.05, 4.69) is 161 Å². The fraction of sp³-hybridized carbons (Fsp3) is 0. The number of hydrogen-bond acceptors (Lipinski definition) is 3. The van der Waals surface area contributed by atoms with E-state index in [9.17, 15) is 0 Å². The Labute approximate surface area is 307 Å². The van der Waals surface area contributed by atoms with Gasteiger partial charge in [0.15, 0.2) is 5.82 Å². The van der Waals surface area contributed by atoms with Crippen LogP contribution in [0.1, 0.15) is 0 Å².